The van der Waals surface area contributed by atoms with Gasteiger partial charge in [0.05, 0.1) is 12.1 Å². The lowest BCUT2D eigenvalue weighted by Crippen LogP contribution is -2.62. The summed E-state index contributed by atoms with van der Waals surface area (Å²) in [6.07, 6.45) is 2.03. The first-order chi connectivity index (χ1) is 17.2. The third kappa shape index (κ3) is 6.44. The van der Waals surface area contributed by atoms with Crippen molar-refractivity contribution >= 4 is 12.2 Å². The maximum atomic E-state index is 12.7. The normalized spacial score (nSPS) is 40.9. The fourth-order valence-electron chi connectivity index (χ4n) is 7.52. The summed E-state index contributed by atoms with van der Waals surface area (Å²) in [6.45, 7) is 18.8. The molecular weight excluding hydrogens is 460 g/mol. The Morgan fingerprint density at radius 1 is 0.778 bits per heavy atom. The Morgan fingerprint density at radius 2 is 1.31 bits per heavy atom. The Balaban J connectivity index is 1.05. The molecule has 6 saturated heterocycles. The number of ether oxygens (including phenoxy) is 2. The Kier molecular flexibility index (Phi) is 7.68. The van der Waals surface area contributed by atoms with Crippen molar-refractivity contribution in [3.05, 3.63) is 0 Å². The molecule has 2 amide bonds. The molecule has 10 heteroatoms. The Bertz CT molecular complexity index is 795. The van der Waals surface area contributed by atoms with Gasteiger partial charge >= 0.3 is 12.2 Å². The highest BCUT2D eigenvalue weighted by atomic mass is 16.6. The number of amides is 2. The zero-order chi connectivity index (χ0) is 25.3. The molecule has 1 saturated carbocycles. The minimum Gasteiger partial charge on any atom is -0.448 e. The monoisotopic (exact) mass is 506 g/mol. The third-order valence-electron chi connectivity index (χ3n) is 9.02. The van der Waals surface area contributed by atoms with Gasteiger partial charge in [-0.25, -0.2) is 9.59 Å². The number of fused-ring (bicyclic) bond motifs is 6. The topological polar surface area (TPSA) is 89.6 Å². The molecular formula is C26H46N6O4. The van der Waals surface area contributed by atoms with E-state index in [1.807, 2.05) is 0 Å². The van der Waals surface area contributed by atoms with Crippen molar-refractivity contribution in [2.24, 2.45) is 10.8 Å². The van der Waals surface area contributed by atoms with Crippen LogP contribution in [0, 0.1) is 10.8 Å². The van der Waals surface area contributed by atoms with Gasteiger partial charge in [-0.1, -0.05) is 20.8 Å². The van der Waals surface area contributed by atoms with E-state index < -0.39 is 0 Å². The summed E-state index contributed by atoms with van der Waals surface area (Å²) in [5, 5.41) is 6.16. The van der Waals surface area contributed by atoms with Crippen molar-refractivity contribution in [3.63, 3.8) is 0 Å². The number of nitrogens with one attached hydrogen (secondary N) is 2. The van der Waals surface area contributed by atoms with E-state index in [1.54, 1.807) is 0 Å². The van der Waals surface area contributed by atoms with Crippen LogP contribution in [0.5, 0.6) is 0 Å². The van der Waals surface area contributed by atoms with Crippen molar-refractivity contribution in [1.82, 2.24) is 30.2 Å². The largest absolute Gasteiger partial charge is 0.448 e. The lowest BCUT2D eigenvalue weighted by Gasteiger charge is -2.47. The maximum absolute atomic E-state index is 12.7. The molecule has 6 aliphatic heterocycles. The second-order valence-corrected chi connectivity index (χ2v) is 12.9. The number of rotatable bonds is 7. The molecule has 1 aliphatic carbocycles. The summed E-state index contributed by atoms with van der Waals surface area (Å²) < 4.78 is 11.3. The van der Waals surface area contributed by atoms with Crippen LogP contribution >= 0.6 is 0 Å². The molecule has 4 bridgehead atoms. The maximum Gasteiger partial charge on any atom is 0.407 e. The molecule has 2 N–H and O–H groups in total. The molecule has 0 spiro atoms. The summed E-state index contributed by atoms with van der Waals surface area (Å²) in [4.78, 5) is 35.0. The molecule has 0 aromatic carbocycles. The third-order valence-corrected chi connectivity index (χ3v) is 9.02. The van der Waals surface area contributed by atoms with Gasteiger partial charge < -0.3 is 20.1 Å². The number of alkyl carbamates (subject to hydrolysis) is 2. The number of nitrogens with zero attached hydrogens (tertiary/aromatic N) is 4. The van der Waals surface area contributed by atoms with Gasteiger partial charge in [-0.2, -0.15) is 0 Å². The summed E-state index contributed by atoms with van der Waals surface area (Å²) >= 11 is 0. The molecule has 0 radical (unpaired) electrons. The van der Waals surface area contributed by atoms with Crippen LogP contribution in [0.2, 0.25) is 0 Å². The highest BCUT2D eigenvalue weighted by Crippen LogP contribution is 2.45. The summed E-state index contributed by atoms with van der Waals surface area (Å²) in [5.41, 5.74) is -0.0690. The Hall–Kier alpha value is -1.62. The molecule has 4 atom stereocenters. The van der Waals surface area contributed by atoms with Crippen LogP contribution in [0.3, 0.4) is 0 Å². The predicted molar refractivity (Wildman–Crippen MR) is 137 cm³/mol. The Labute approximate surface area is 216 Å². The lowest BCUT2D eigenvalue weighted by molar-refractivity contribution is -0.0167. The SMILES string of the molecule is CC1(C)CC(NC(=O)OCC2CN3CCN2CC3)CC(C)(CNC(=O)OCC2CN3CCN2CC3)C1. The molecule has 36 heavy (non-hydrogen) atoms. The van der Waals surface area contributed by atoms with E-state index in [1.165, 1.54) is 0 Å². The summed E-state index contributed by atoms with van der Waals surface area (Å²) in [6, 6.07) is 0.634. The Morgan fingerprint density at radius 3 is 1.81 bits per heavy atom. The van der Waals surface area contributed by atoms with Gasteiger partial charge in [0, 0.05) is 78.0 Å². The zero-order valence-corrected chi connectivity index (χ0v) is 22.5. The summed E-state index contributed by atoms with van der Waals surface area (Å²) in [7, 11) is 0. The van der Waals surface area contributed by atoms with Crippen molar-refractivity contribution < 1.29 is 19.1 Å². The van der Waals surface area contributed by atoms with Crippen molar-refractivity contribution in [2.45, 2.75) is 58.2 Å². The first kappa shape index (κ1) is 26.0. The average Bonchev–Trinajstić information content (AvgIpc) is 2.85. The van der Waals surface area contributed by atoms with E-state index in [0.29, 0.717) is 31.8 Å². The van der Waals surface area contributed by atoms with E-state index in [4.69, 9.17) is 9.47 Å². The van der Waals surface area contributed by atoms with E-state index >= 15 is 0 Å². The fourth-order valence-corrected chi connectivity index (χ4v) is 7.52. The quantitative estimate of drug-likeness (QED) is 0.529. The van der Waals surface area contributed by atoms with Crippen molar-refractivity contribution in [1.29, 1.82) is 0 Å². The molecule has 10 nitrogen and oxygen atoms in total. The molecule has 204 valence electrons. The smallest absolute Gasteiger partial charge is 0.407 e. The number of carbonyl (C=O) groups is 2. The first-order valence-electron chi connectivity index (χ1n) is 13.9. The van der Waals surface area contributed by atoms with E-state index in [0.717, 1.165) is 84.7 Å². The van der Waals surface area contributed by atoms with Crippen LogP contribution in [0.4, 0.5) is 9.59 Å². The minimum absolute atomic E-state index is 0.0237. The van der Waals surface area contributed by atoms with Gasteiger partial charge in [-0.3, -0.25) is 19.6 Å². The van der Waals surface area contributed by atoms with Crippen molar-refractivity contribution in [2.75, 3.05) is 85.2 Å². The van der Waals surface area contributed by atoms with Crippen LogP contribution in [0.15, 0.2) is 0 Å². The number of carbonyl (C=O) groups excluding carboxylic acids is 2. The number of piperazine rings is 6. The second kappa shape index (κ2) is 10.6. The van der Waals surface area contributed by atoms with Crippen LogP contribution in [0.25, 0.3) is 0 Å². The first-order valence-corrected chi connectivity index (χ1v) is 13.9. The van der Waals surface area contributed by atoms with Crippen molar-refractivity contribution in [3.8, 4) is 0 Å². The molecule has 7 fully saturated rings. The number of hydrogen-bond acceptors (Lipinski definition) is 8. The molecule has 0 aromatic rings. The van der Waals surface area contributed by atoms with Gasteiger partial charge in [-0.05, 0) is 30.1 Å². The van der Waals surface area contributed by atoms with Gasteiger partial charge in [-0.15, -0.1) is 0 Å². The van der Waals surface area contributed by atoms with Crippen LogP contribution in [-0.2, 0) is 9.47 Å². The van der Waals surface area contributed by atoms with Crippen LogP contribution in [0.1, 0.15) is 40.0 Å². The van der Waals surface area contributed by atoms with E-state index in [9.17, 15) is 9.59 Å². The van der Waals surface area contributed by atoms with E-state index in [-0.39, 0.29) is 29.1 Å². The number of hydrogen-bond donors (Lipinski definition) is 2. The van der Waals surface area contributed by atoms with Gasteiger partial charge in [0.25, 0.3) is 0 Å². The van der Waals surface area contributed by atoms with Gasteiger partial charge in [0.15, 0.2) is 0 Å². The highest BCUT2D eigenvalue weighted by molar-refractivity contribution is 5.68. The predicted octanol–water partition coefficient (Wildman–Crippen LogP) is 1.02. The minimum atomic E-state index is -0.339. The molecule has 7 rings (SSSR count). The van der Waals surface area contributed by atoms with Gasteiger partial charge in [0.2, 0.25) is 0 Å². The molecule has 7 aliphatic rings. The highest BCUT2D eigenvalue weighted by Gasteiger charge is 2.42. The summed E-state index contributed by atoms with van der Waals surface area (Å²) in [5.74, 6) is 0. The molecule has 6 heterocycles. The average molecular weight is 507 g/mol. The van der Waals surface area contributed by atoms with E-state index in [2.05, 4.69) is 51.0 Å². The molecule has 0 aromatic heterocycles. The standard InChI is InChI=1S/C26H46N6O4/c1-25(2)12-20(28-24(34)36-17-22-15-30-6-10-32(22)11-7-30)13-26(3,18-25)19-27-23(33)35-16-21-14-29-4-8-31(21)9-5-29/h20-22H,4-19H2,1-3H3,(H,27,33)(H,28,34). The van der Waals surface area contributed by atoms with Crippen LogP contribution in [-0.4, -0.2) is 135 Å². The fraction of sp³-hybridized carbons (Fsp3) is 0.923. The lowest BCUT2D eigenvalue weighted by atomic mass is 9.62. The second-order valence-electron chi connectivity index (χ2n) is 12.9. The van der Waals surface area contributed by atoms with Gasteiger partial charge in [0.1, 0.15) is 13.2 Å². The zero-order valence-electron chi connectivity index (χ0n) is 22.5. The van der Waals surface area contributed by atoms with Crippen LogP contribution < -0.4 is 10.6 Å². The molecule has 4 unspecified atom stereocenters.